The van der Waals surface area contributed by atoms with Gasteiger partial charge < -0.3 is 14.8 Å². The third-order valence-electron chi connectivity index (χ3n) is 2.19. The molecule has 0 saturated heterocycles. The molecule has 1 amide bonds. The van der Waals surface area contributed by atoms with E-state index in [4.69, 9.17) is 9.47 Å². The zero-order valence-corrected chi connectivity index (χ0v) is 12.2. The number of esters is 1. The first kappa shape index (κ1) is 16.3. The lowest BCUT2D eigenvalue weighted by Gasteiger charge is -2.03. The van der Waals surface area contributed by atoms with Crippen molar-refractivity contribution in [3.63, 3.8) is 0 Å². The quantitative estimate of drug-likeness (QED) is 0.426. The van der Waals surface area contributed by atoms with E-state index in [0.717, 1.165) is 17.8 Å². The van der Waals surface area contributed by atoms with E-state index in [2.05, 4.69) is 16.9 Å². The van der Waals surface area contributed by atoms with Crippen molar-refractivity contribution in [2.45, 2.75) is 13.3 Å². The number of nitrogens with one attached hydrogen (secondary N) is 1. The van der Waals surface area contributed by atoms with Crippen molar-refractivity contribution in [3.05, 3.63) is 28.7 Å². The number of hydrogen-bond donors (Lipinski definition) is 1. The van der Waals surface area contributed by atoms with Gasteiger partial charge in [-0.25, -0.2) is 9.78 Å². The highest BCUT2D eigenvalue weighted by atomic mass is 32.1. The van der Waals surface area contributed by atoms with E-state index in [9.17, 15) is 9.59 Å². The number of amides is 1. The lowest BCUT2D eigenvalue weighted by molar-refractivity contribution is 0.0526. The molecule has 0 radical (unpaired) electrons. The Balaban J connectivity index is 2.33. The van der Waals surface area contributed by atoms with Gasteiger partial charge in [-0.2, -0.15) is 0 Å². The van der Waals surface area contributed by atoms with Crippen molar-refractivity contribution in [1.29, 1.82) is 0 Å². The molecular formula is C13H18N2O4S. The molecule has 1 aromatic heterocycles. The van der Waals surface area contributed by atoms with Gasteiger partial charge in [-0.1, -0.05) is 6.08 Å². The van der Waals surface area contributed by atoms with Gasteiger partial charge in [0.05, 0.1) is 19.8 Å². The van der Waals surface area contributed by atoms with Crippen LogP contribution in [0.5, 0.6) is 0 Å². The highest BCUT2D eigenvalue weighted by Crippen LogP contribution is 2.10. The SMILES string of the molecule is C=CCCOCCNC(=O)c1csc(C(=O)OCC)n1. The summed E-state index contributed by atoms with van der Waals surface area (Å²) in [4.78, 5) is 27.1. The zero-order chi connectivity index (χ0) is 14.8. The highest BCUT2D eigenvalue weighted by Gasteiger charge is 2.15. The van der Waals surface area contributed by atoms with E-state index in [0.29, 0.717) is 19.8 Å². The molecule has 7 heteroatoms. The van der Waals surface area contributed by atoms with Gasteiger partial charge >= 0.3 is 5.97 Å². The van der Waals surface area contributed by atoms with Gasteiger partial charge in [0.25, 0.3) is 5.91 Å². The molecule has 0 unspecified atom stereocenters. The fourth-order valence-corrected chi connectivity index (χ4v) is 1.95. The van der Waals surface area contributed by atoms with Crippen molar-refractivity contribution in [3.8, 4) is 0 Å². The maximum absolute atomic E-state index is 11.7. The predicted molar refractivity (Wildman–Crippen MR) is 76.0 cm³/mol. The molecule has 20 heavy (non-hydrogen) atoms. The molecule has 1 aromatic rings. The molecule has 0 aliphatic rings. The molecule has 0 aromatic carbocycles. The molecule has 0 aliphatic carbocycles. The Morgan fingerprint density at radius 2 is 2.30 bits per heavy atom. The van der Waals surface area contributed by atoms with Crippen LogP contribution in [0.4, 0.5) is 0 Å². The second-order valence-corrected chi connectivity index (χ2v) is 4.56. The van der Waals surface area contributed by atoms with Crippen LogP contribution in [0, 0.1) is 0 Å². The molecular weight excluding hydrogens is 280 g/mol. The average Bonchev–Trinajstić information content (AvgIpc) is 2.92. The molecule has 0 bridgehead atoms. The van der Waals surface area contributed by atoms with Gasteiger partial charge in [0, 0.05) is 11.9 Å². The predicted octanol–water partition coefficient (Wildman–Crippen LogP) is 1.64. The van der Waals surface area contributed by atoms with E-state index < -0.39 is 5.97 Å². The van der Waals surface area contributed by atoms with Gasteiger partial charge in [-0.3, -0.25) is 4.79 Å². The Labute approximate surface area is 121 Å². The standard InChI is InChI=1S/C13H18N2O4S/c1-3-5-7-18-8-6-14-11(16)10-9-20-12(15-10)13(17)19-4-2/h3,9H,1,4-8H2,2H3,(H,14,16). The first-order valence-electron chi connectivity index (χ1n) is 6.28. The maximum atomic E-state index is 11.7. The minimum atomic E-state index is -0.510. The van der Waals surface area contributed by atoms with Gasteiger partial charge in [0.15, 0.2) is 0 Å². The normalized spacial score (nSPS) is 10.1. The smallest absolute Gasteiger partial charge is 0.367 e. The maximum Gasteiger partial charge on any atom is 0.367 e. The first-order valence-corrected chi connectivity index (χ1v) is 7.16. The molecule has 0 spiro atoms. The minimum Gasteiger partial charge on any atom is -0.461 e. The third-order valence-corrected chi connectivity index (χ3v) is 3.01. The average molecular weight is 298 g/mol. The van der Waals surface area contributed by atoms with E-state index in [1.54, 1.807) is 13.0 Å². The number of thiazole rings is 1. The summed E-state index contributed by atoms with van der Waals surface area (Å²) in [5.41, 5.74) is 0.212. The lowest BCUT2D eigenvalue weighted by Crippen LogP contribution is -2.27. The fraction of sp³-hybridized carbons (Fsp3) is 0.462. The second-order valence-electron chi connectivity index (χ2n) is 3.70. The summed E-state index contributed by atoms with van der Waals surface area (Å²) in [6, 6.07) is 0. The third kappa shape index (κ3) is 5.50. The first-order chi connectivity index (χ1) is 9.69. The van der Waals surface area contributed by atoms with Crippen molar-refractivity contribution in [1.82, 2.24) is 10.3 Å². The number of carbonyl (C=O) groups excluding carboxylic acids is 2. The number of rotatable bonds is 9. The topological polar surface area (TPSA) is 77.5 Å². The summed E-state index contributed by atoms with van der Waals surface area (Å²) >= 11 is 1.09. The van der Waals surface area contributed by atoms with Crippen LogP contribution in [0.2, 0.25) is 0 Å². The van der Waals surface area contributed by atoms with Gasteiger partial charge in [-0.15, -0.1) is 17.9 Å². The zero-order valence-electron chi connectivity index (χ0n) is 11.4. The monoisotopic (exact) mass is 298 g/mol. The van der Waals surface area contributed by atoms with Crippen molar-refractivity contribution >= 4 is 23.2 Å². The van der Waals surface area contributed by atoms with Gasteiger partial charge in [0.2, 0.25) is 5.01 Å². The van der Waals surface area contributed by atoms with Crippen LogP contribution < -0.4 is 5.32 Å². The molecule has 110 valence electrons. The van der Waals surface area contributed by atoms with Crippen LogP contribution in [-0.2, 0) is 9.47 Å². The summed E-state index contributed by atoms with van der Waals surface area (Å²) in [5, 5.41) is 4.37. The van der Waals surface area contributed by atoms with Crippen LogP contribution in [0.1, 0.15) is 33.6 Å². The molecule has 6 nitrogen and oxygen atoms in total. The summed E-state index contributed by atoms with van der Waals surface area (Å²) in [6.45, 7) is 6.98. The van der Waals surface area contributed by atoms with Gasteiger partial charge in [-0.05, 0) is 13.3 Å². The molecule has 1 N–H and O–H groups in total. The van der Waals surface area contributed by atoms with Crippen LogP contribution in [0.15, 0.2) is 18.0 Å². The minimum absolute atomic E-state index is 0.180. The Bertz CT molecular complexity index is 459. The molecule has 0 saturated carbocycles. The molecule has 1 heterocycles. The van der Waals surface area contributed by atoms with Crippen LogP contribution in [-0.4, -0.2) is 43.2 Å². The summed E-state index contributed by atoms with van der Waals surface area (Å²) in [5.74, 6) is -0.839. The molecule has 1 rings (SSSR count). The number of carbonyl (C=O) groups is 2. The van der Waals surface area contributed by atoms with Crippen molar-refractivity contribution < 1.29 is 19.1 Å². The van der Waals surface area contributed by atoms with E-state index >= 15 is 0 Å². The van der Waals surface area contributed by atoms with E-state index in [1.807, 2.05) is 0 Å². The Kier molecular flexibility index (Phi) is 7.52. The van der Waals surface area contributed by atoms with Crippen molar-refractivity contribution in [2.24, 2.45) is 0 Å². The van der Waals surface area contributed by atoms with Crippen LogP contribution in [0.3, 0.4) is 0 Å². The van der Waals surface area contributed by atoms with E-state index in [-0.39, 0.29) is 23.2 Å². The number of aromatic nitrogens is 1. The number of ether oxygens (including phenoxy) is 2. The summed E-state index contributed by atoms with van der Waals surface area (Å²) in [6.07, 6.45) is 2.55. The number of nitrogens with zero attached hydrogens (tertiary/aromatic N) is 1. The van der Waals surface area contributed by atoms with Crippen LogP contribution in [0.25, 0.3) is 0 Å². The van der Waals surface area contributed by atoms with Crippen LogP contribution >= 0.6 is 11.3 Å². The Hall–Kier alpha value is -1.73. The molecule has 0 fully saturated rings. The fourth-order valence-electron chi connectivity index (χ4n) is 1.26. The second kappa shape index (κ2) is 9.22. The summed E-state index contributed by atoms with van der Waals surface area (Å²) in [7, 11) is 0. The molecule has 0 atom stereocenters. The Morgan fingerprint density at radius 1 is 1.50 bits per heavy atom. The Morgan fingerprint density at radius 3 is 3.00 bits per heavy atom. The highest BCUT2D eigenvalue weighted by molar-refractivity contribution is 7.11. The van der Waals surface area contributed by atoms with Crippen molar-refractivity contribution in [2.75, 3.05) is 26.4 Å². The molecule has 0 aliphatic heterocycles. The summed E-state index contributed by atoms with van der Waals surface area (Å²) < 4.78 is 10.1. The van der Waals surface area contributed by atoms with E-state index in [1.165, 1.54) is 5.38 Å². The largest absolute Gasteiger partial charge is 0.461 e. The van der Waals surface area contributed by atoms with Gasteiger partial charge in [0.1, 0.15) is 5.69 Å². The number of hydrogen-bond acceptors (Lipinski definition) is 6. The lowest BCUT2D eigenvalue weighted by atomic mass is 10.4.